The first kappa shape index (κ1) is 11.1. The van der Waals surface area contributed by atoms with E-state index in [2.05, 4.69) is 21.0 Å². The van der Waals surface area contributed by atoms with Gasteiger partial charge in [-0.2, -0.15) is 9.78 Å². The van der Waals surface area contributed by atoms with Crippen LogP contribution in [-0.2, 0) is 0 Å². The quantitative estimate of drug-likeness (QED) is 0.792. The Morgan fingerprint density at radius 3 is 3.06 bits per heavy atom. The smallest absolute Gasteiger partial charge is 0.267 e. The van der Waals surface area contributed by atoms with Crippen molar-refractivity contribution in [1.82, 2.24) is 9.78 Å². The fourth-order valence-electron chi connectivity index (χ4n) is 1.53. The largest absolute Gasteiger partial charge is 0.271 e. The van der Waals surface area contributed by atoms with Gasteiger partial charge in [-0.05, 0) is 40.9 Å². The van der Waals surface area contributed by atoms with Crippen molar-refractivity contribution < 1.29 is 0 Å². The summed E-state index contributed by atoms with van der Waals surface area (Å²) in [6.07, 6.45) is 8.81. The molecule has 1 aromatic heterocycles. The number of rotatable bonds is 1. The number of halogens is 1. The van der Waals surface area contributed by atoms with E-state index in [-0.39, 0.29) is 5.56 Å². The van der Waals surface area contributed by atoms with Crippen LogP contribution >= 0.6 is 15.9 Å². The Bertz CT molecular complexity index is 552. The van der Waals surface area contributed by atoms with Crippen molar-refractivity contribution in [3.8, 4) is 0 Å². The van der Waals surface area contributed by atoms with Crippen LogP contribution in [0.2, 0.25) is 0 Å². The molecule has 1 aliphatic carbocycles. The fourth-order valence-corrected chi connectivity index (χ4v) is 1.82. The van der Waals surface area contributed by atoms with E-state index in [4.69, 9.17) is 0 Å². The third kappa shape index (κ3) is 2.22. The molecule has 0 saturated carbocycles. The zero-order valence-electron chi connectivity index (χ0n) is 8.85. The Balaban J connectivity index is 2.56. The summed E-state index contributed by atoms with van der Waals surface area (Å²) >= 11 is 3.27. The van der Waals surface area contributed by atoms with Crippen LogP contribution in [0, 0.1) is 0 Å². The van der Waals surface area contributed by atoms with Gasteiger partial charge in [-0.15, -0.1) is 0 Å². The van der Waals surface area contributed by atoms with Gasteiger partial charge in [0.1, 0.15) is 4.60 Å². The van der Waals surface area contributed by atoms with Gasteiger partial charge in [-0.3, -0.25) is 4.79 Å². The average molecular weight is 279 g/mol. The molecule has 0 bridgehead atoms. The summed E-state index contributed by atoms with van der Waals surface area (Å²) in [6, 6.07) is 3.15. The van der Waals surface area contributed by atoms with Crippen LogP contribution in [-0.4, -0.2) is 9.78 Å². The predicted octanol–water partition coefficient (Wildman–Crippen LogP) is 2.75. The van der Waals surface area contributed by atoms with Crippen molar-refractivity contribution in [2.45, 2.75) is 13.3 Å². The monoisotopic (exact) mass is 278 g/mol. The van der Waals surface area contributed by atoms with Crippen LogP contribution in [0.4, 0.5) is 0 Å². The highest BCUT2D eigenvalue weighted by Crippen LogP contribution is 2.17. The van der Waals surface area contributed by atoms with Gasteiger partial charge in [0.15, 0.2) is 0 Å². The molecule has 0 spiro atoms. The molecule has 3 nitrogen and oxygen atoms in total. The number of nitrogens with zero attached hydrogens (tertiary/aromatic N) is 2. The molecule has 0 atom stereocenters. The van der Waals surface area contributed by atoms with Crippen molar-refractivity contribution in [1.29, 1.82) is 0 Å². The van der Waals surface area contributed by atoms with Crippen LogP contribution in [0.5, 0.6) is 0 Å². The van der Waals surface area contributed by atoms with Gasteiger partial charge in [0.25, 0.3) is 5.56 Å². The lowest BCUT2D eigenvalue weighted by atomic mass is 10.2. The molecule has 2 rings (SSSR count). The summed E-state index contributed by atoms with van der Waals surface area (Å²) in [5.41, 5.74) is 1.75. The Morgan fingerprint density at radius 2 is 2.25 bits per heavy atom. The van der Waals surface area contributed by atoms with Crippen LogP contribution in [0.3, 0.4) is 0 Å². The molecular formula is C12H11BrN2O. The minimum absolute atomic E-state index is 0.121. The molecule has 0 N–H and O–H groups in total. The summed E-state index contributed by atoms with van der Waals surface area (Å²) in [5, 5.41) is 4.17. The summed E-state index contributed by atoms with van der Waals surface area (Å²) in [4.78, 5) is 11.7. The van der Waals surface area contributed by atoms with E-state index >= 15 is 0 Å². The van der Waals surface area contributed by atoms with Crippen LogP contribution in [0.15, 0.2) is 51.4 Å². The summed E-state index contributed by atoms with van der Waals surface area (Å²) in [7, 11) is 0. The molecule has 0 radical (unpaired) electrons. The molecule has 0 saturated heterocycles. The van der Waals surface area contributed by atoms with E-state index < -0.39 is 0 Å². The lowest BCUT2D eigenvalue weighted by molar-refractivity contribution is 0.808. The zero-order valence-corrected chi connectivity index (χ0v) is 10.4. The molecule has 1 aromatic rings. The highest BCUT2D eigenvalue weighted by atomic mass is 79.9. The van der Waals surface area contributed by atoms with E-state index in [0.717, 1.165) is 17.7 Å². The molecule has 1 heterocycles. The van der Waals surface area contributed by atoms with E-state index in [1.807, 2.05) is 31.2 Å². The highest BCUT2D eigenvalue weighted by molar-refractivity contribution is 9.10. The second-order valence-corrected chi connectivity index (χ2v) is 4.32. The topological polar surface area (TPSA) is 34.9 Å². The Kier molecular flexibility index (Phi) is 3.19. The molecule has 4 heteroatoms. The third-order valence-corrected chi connectivity index (χ3v) is 2.75. The van der Waals surface area contributed by atoms with E-state index in [1.54, 1.807) is 6.07 Å². The Labute approximate surface area is 102 Å². The summed E-state index contributed by atoms with van der Waals surface area (Å²) < 4.78 is 2.07. The van der Waals surface area contributed by atoms with Crippen molar-refractivity contribution in [2.75, 3.05) is 0 Å². The van der Waals surface area contributed by atoms with Gasteiger partial charge in [0.05, 0.1) is 5.70 Å². The van der Waals surface area contributed by atoms with Gasteiger partial charge in [-0.1, -0.05) is 24.3 Å². The molecular weight excluding hydrogens is 268 g/mol. The maximum absolute atomic E-state index is 11.7. The fraction of sp³-hybridized carbons (Fsp3) is 0.167. The molecule has 0 fully saturated rings. The van der Waals surface area contributed by atoms with Crippen molar-refractivity contribution in [3.05, 3.63) is 57.0 Å². The van der Waals surface area contributed by atoms with Gasteiger partial charge >= 0.3 is 0 Å². The first-order valence-corrected chi connectivity index (χ1v) is 5.78. The number of hydrogen-bond acceptors (Lipinski definition) is 2. The maximum Gasteiger partial charge on any atom is 0.271 e. The average Bonchev–Trinajstić information content (AvgIpc) is 2.47. The molecule has 0 aromatic carbocycles. The first-order chi connectivity index (χ1) is 7.68. The van der Waals surface area contributed by atoms with Gasteiger partial charge in [0, 0.05) is 6.07 Å². The predicted molar refractivity (Wildman–Crippen MR) is 68.0 cm³/mol. The molecule has 16 heavy (non-hydrogen) atoms. The van der Waals surface area contributed by atoms with Gasteiger partial charge in [-0.25, -0.2) is 0 Å². The Morgan fingerprint density at radius 1 is 1.44 bits per heavy atom. The van der Waals surface area contributed by atoms with Crippen molar-refractivity contribution >= 4 is 21.6 Å². The SMILES string of the molecule is CC1=CC=CCC=C1n1nc(Br)ccc1=O. The van der Waals surface area contributed by atoms with E-state index in [0.29, 0.717) is 4.60 Å². The Hall–Kier alpha value is -1.42. The molecule has 0 unspecified atom stereocenters. The second-order valence-electron chi connectivity index (χ2n) is 3.51. The van der Waals surface area contributed by atoms with Gasteiger partial charge in [0.2, 0.25) is 0 Å². The first-order valence-electron chi connectivity index (χ1n) is 4.99. The minimum atomic E-state index is -0.121. The number of hydrogen-bond donors (Lipinski definition) is 0. The zero-order chi connectivity index (χ0) is 11.5. The number of aromatic nitrogens is 2. The molecule has 1 aliphatic rings. The summed E-state index contributed by atoms with van der Waals surface area (Å²) in [5.74, 6) is 0. The van der Waals surface area contributed by atoms with Crippen molar-refractivity contribution in [2.24, 2.45) is 0 Å². The lowest BCUT2D eigenvalue weighted by Crippen LogP contribution is -2.21. The van der Waals surface area contributed by atoms with Crippen molar-refractivity contribution in [3.63, 3.8) is 0 Å². The molecule has 0 amide bonds. The second kappa shape index (κ2) is 4.61. The molecule has 0 aliphatic heterocycles. The lowest BCUT2D eigenvalue weighted by Gasteiger charge is -2.09. The van der Waals surface area contributed by atoms with Crippen LogP contribution in [0.1, 0.15) is 13.3 Å². The van der Waals surface area contributed by atoms with E-state index in [1.165, 1.54) is 10.7 Å². The highest BCUT2D eigenvalue weighted by Gasteiger charge is 2.07. The minimum Gasteiger partial charge on any atom is -0.267 e. The number of allylic oxidation sites excluding steroid dienone is 6. The maximum atomic E-state index is 11.7. The normalized spacial score (nSPS) is 15.4. The van der Waals surface area contributed by atoms with Crippen LogP contribution < -0.4 is 5.56 Å². The third-order valence-electron chi connectivity index (χ3n) is 2.33. The van der Waals surface area contributed by atoms with Crippen LogP contribution in [0.25, 0.3) is 5.70 Å². The summed E-state index contributed by atoms with van der Waals surface area (Å²) in [6.45, 7) is 1.97. The van der Waals surface area contributed by atoms with E-state index in [9.17, 15) is 4.79 Å². The standard InChI is InChI=1S/C12H11BrN2O/c1-9-5-3-2-4-6-10(9)15-12(16)8-7-11(13)14-15/h2-3,5-8H,4H2,1H3. The molecule has 82 valence electrons. The van der Waals surface area contributed by atoms with Gasteiger partial charge < -0.3 is 0 Å².